The van der Waals surface area contributed by atoms with Crippen molar-refractivity contribution in [3.63, 3.8) is 0 Å². The predicted octanol–water partition coefficient (Wildman–Crippen LogP) is 5.31. The average Bonchev–Trinajstić information content (AvgIpc) is 2.89. The van der Waals surface area contributed by atoms with Crippen molar-refractivity contribution in [3.8, 4) is 0 Å². The lowest BCUT2D eigenvalue weighted by Gasteiger charge is -2.15. The highest BCUT2D eigenvalue weighted by Gasteiger charge is 2.34. The molecular formula is C19H12BrF3N2O2S2. The molecule has 2 aromatic carbocycles. The van der Waals surface area contributed by atoms with Gasteiger partial charge in [-0.2, -0.15) is 13.2 Å². The van der Waals surface area contributed by atoms with Gasteiger partial charge >= 0.3 is 6.18 Å². The van der Waals surface area contributed by atoms with Crippen LogP contribution in [-0.4, -0.2) is 27.6 Å². The Kier molecular flexibility index (Phi) is 6.45. The molecule has 0 atom stereocenters. The third-order valence-electron chi connectivity index (χ3n) is 3.80. The molecule has 2 aromatic rings. The molecule has 1 saturated heterocycles. The van der Waals surface area contributed by atoms with Crippen molar-refractivity contribution < 1.29 is 22.8 Å². The molecule has 150 valence electrons. The van der Waals surface area contributed by atoms with Crippen molar-refractivity contribution in [2.75, 3.05) is 11.9 Å². The molecule has 4 nitrogen and oxygen atoms in total. The number of thiocarbonyl (C=S) groups is 1. The fourth-order valence-electron chi connectivity index (χ4n) is 2.50. The Labute approximate surface area is 182 Å². The van der Waals surface area contributed by atoms with Crippen molar-refractivity contribution >= 4 is 67.8 Å². The van der Waals surface area contributed by atoms with Crippen LogP contribution in [0.4, 0.5) is 18.9 Å². The number of alkyl halides is 3. The summed E-state index contributed by atoms with van der Waals surface area (Å²) in [7, 11) is 0. The summed E-state index contributed by atoms with van der Waals surface area (Å²) in [5.74, 6) is -1.08. The summed E-state index contributed by atoms with van der Waals surface area (Å²) >= 11 is 9.59. The third-order valence-corrected chi connectivity index (χ3v) is 5.67. The molecule has 0 aliphatic carbocycles. The van der Waals surface area contributed by atoms with E-state index in [1.807, 2.05) is 24.3 Å². The number of carbonyl (C=O) groups excluding carboxylic acids is 2. The zero-order valence-corrected chi connectivity index (χ0v) is 17.7. The molecule has 1 heterocycles. The molecule has 0 saturated carbocycles. The molecule has 1 aliphatic rings. The first kappa shape index (κ1) is 21.5. The van der Waals surface area contributed by atoms with E-state index >= 15 is 0 Å². The SMILES string of the molecule is O=C(CN1C(=O)/C(=C/c2cccc(Br)c2)SC1=S)Nc1cccc(C(F)(F)F)c1. The summed E-state index contributed by atoms with van der Waals surface area (Å²) < 4.78 is 39.4. The minimum atomic E-state index is -4.52. The Hall–Kier alpha value is -2.17. The number of anilines is 1. The zero-order valence-electron chi connectivity index (χ0n) is 14.5. The molecular weight excluding hydrogens is 489 g/mol. The van der Waals surface area contributed by atoms with Gasteiger partial charge in [-0.3, -0.25) is 14.5 Å². The second-order valence-corrected chi connectivity index (χ2v) is 8.54. The zero-order chi connectivity index (χ0) is 21.2. The molecule has 10 heteroatoms. The fraction of sp³-hybridized carbons (Fsp3) is 0.105. The number of rotatable bonds is 4. The van der Waals surface area contributed by atoms with E-state index in [0.717, 1.165) is 38.8 Å². The summed E-state index contributed by atoms with van der Waals surface area (Å²) in [5.41, 5.74) is -0.105. The van der Waals surface area contributed by atoms with Crippen molar-refractivity contribution in [2.45, 2.75) is 6.18 Å². The van der Waals surface area contributed by atoms with Gasteiger partial charge in [0.05, 0.1) is 10.5 Å². The summed E-state index contributed by atoms with van der Waals surface area (Å²) in [6, 6.07) is 11.6. The number of benzene rings is 2. The first-order valence-electron chi connectivity index (χ1n) is 8.11. The number of hydrogen-bond acceptors (Lipinski definition) is 4. The molecule has 1 fully saturated rings. The molecule has 29 heavy (non-hydrogen) atoms. The second kappa shape index (κ2) is 8.68. The normalized spacial score (nSPS) is 15.9. The number of nitrogens with zero attached hydrogens (tertiary/aromatic N) is 1. The average molecular weight is 501 g/mol. The lowest BCUT2D eigenvalue weighted by molar-refractivity contribution is -0.137. The largest absolute Gasteiger partial charge is 0.416 e. The Bertz CT molecular complexity index is 1020. The highest BCUT2D eigenvalue weighted by atomic mass is 79.9. The second-order valence-electron chi connectivity index (χ2n) is 5.95. The van der Waals surface area contributed by atoms with Crippen LogP contribution in [0.2, 0.25) is 0 Å². The Morgan fingerprint density at radius 3 is 2.62 bits per heavy atom. The Morgan fingerprint density at radius 2 is 1.93 bits per heavy atom. The molecule has 1 aliphatic heterocycles. The quantitative estimate of drug-likeness (QED) is 0.456. The van der Waals surface area contributed by atoms with Crippen LogP contribution in [0.3, 0.4) is 0 Å². The monoisotopic (exact) mass is 500 g/mol. The molecule has 0 spiro atoms. The molecule has 0 radical (unpaired) electrons. The maximum Gasteiger partial charge on any atom is 0.416 e. The standard InChI is InChI=1S/C19H12BrF3N2O2S2/c20-13-5-1-3-11(7-13)8-15-17(27)25(18(28)29-15)10-16(26)24-14-6-2-4-12(9-14)19(21,22)23/h1-9H,10H2,(H,24,26)/b15-8-. The van der Waals surface area contributed by atoms with Gasteiger partial charge in [0, 0.05) is 10.2 Å². The van der Waals surface area contributed by atoms with Crippen molar-refractivity contribution in [1.82, 2.24) is 4.90 Å². The Balaban J connectivity index is 1.69. The van der Waals surface area contributed by atoms with E-state index in [2.05, 4.69) is 21.2 Å². The van der Waals surface area contributed by atoms with Gasteiger partial charge in [-0.05, 0) is 42.0 Å². The topological polar surface area (TPSA) is 49.4 Å². The number of hydrogen-bond donors (Lipinski definition) is 1. The molecule has 0 unspecified atom stereocenters. The van der Waals surface area contributed by atoms with Gasteiger partial charge in [-0.15, -0.1) is 0 Å². The van der Waals surface area contributed by atoms with Crippen LogP contribution in [0, 0.1) is 0 Å². The first-order chi connectivity index (χ1) is 13.6. The van der Waals surface area contributed by atoms with Crippen LogP contribution in [-0.2, 0) is 15.8 Å². The lowest BCUT2D eigenvalue weighted by atomic mass is 10.2. The van der Waals surface area contributed by atoms with Gasteiger partial charge in [-0.25, -0.2) is 0 Å². The van der Waals surface area contributed by atoms with Crippen molar-refractivity contribution in [1.29, 1.82) is 0 Å². The van der Waals surface area contributed by atoms with Crippen LogP contribution in [0.5, 0.6) is 0 Å². The van der Waals surface area contributed by atoms with Gasteiger partial charge in [0.2, 0.25) is 5.91 Å². The van der Waals surface area contributed by atoms with E-state index in [0.29, 0.717) is 4.91 Å². The van der Waals surface area contributed by atoms with Gasteiger partial charge in [0.1, 0.15) is 10.9 Å². The van der Waals surface area contributed by atoms with Crippen LogP contribution in [0.1, 0.15) is 11.1 Å². The van der Waals surface area contributed by atoms with E-state index in [1.165, 1.54) is 12.1 Å². The van der Waals surface area contributed by atoms with Gasteiger partial charge in [-0.1, -0.05) is 58.1 Å². The minimum Gasteiger partial charge on any atom is -0.325 e. The van der Waals surface area contributed by atoms with Crippen molar-refractivity contribution in [3.05, 3.63) is 69.0 Å². The van der Waals surface area contributed by atoms with E-state index in [9.17, 15) is 22.8 Å². The number of amides is 2. The minimum absolute atomic E-state index is 0.0139. The molecule has 1 N–H and O–H groups in total. The lowest BCUT2D eigenvalue weighted by Crippen LogP contribution is -2.36. The third kappa shape index (κ3) is 5.46. The van der Waals surface area contributed by atoms with E-state index in [1.54, 1.807) is 6.08 Å². The highest BCUT2D eigenvalue weighted by molar-refractivity contribution is 9.10. The highest BCUT2D eigenvalue weighted by Crippen LogP contribution is 2.33. The number of nitrogens with one attached hydrogen (secondary N) is 1. The van der Waals surface area contributed by atoms with Crippen LogP contribution >= 0.6 is 39.9 Å². The van der Waals surface area contributed by atoms with Crippen LogP contribution in [0.15, 0.2) is 57.9 Å². The maximum absolute atomic E-state index is 12.8. The van der Waals surface area contributed by atoms with E-state index < -0.39 is 30.1 Å². The summed E-state index contributed by atoms with van der Waals surface area (Å²) in [4.78, 5) is 26.3. The van der Waals surface area contributed by atoms with Crippen LogP contribution in [0.25, 0.3) is 6.08 Å². The van der Waals surface area contributed by atoms with Gasteiger partial charge in [0.25, 0.3) is 5.91 Å². The van der Waals surface area contributed by atoms with E-state index in [4.69, 9.17) is 12.2 Å². The van der Waals surface area contributed by atoms with E-state index in [-0.39, 0.29) is 10.0 Å². The molecule has 2 amide bonds. The molecule has 0 aromatic heterocycles. The number of carbonyl (C=O) groups is 2. The fourth-order valence-corrected chi connectivity index (χ4v) is 4.17. The summed E-state index contributed by atoms with van der Waals surface area (Å²) in [5, 5.41) is 2.37. The summed E-state index contributed by atoms with van der Waals surface area (Å²) in [6.45, 7) is -0.392. The number of thioether (sulfide) groups is 1. The van der Waals surface area contributed by atoms with Crippen molar-refractivity contribution in [2.24, 2.45) is 0 Å². The van der Waals surface area contributed by atoms with Gasteiger partial charge in [0.15, 0.2) is 0 Å². The van der Waals surface area contributed by atoms with Crippen LogP contribution < -0.4 is 5.32 Å². The maximum atomic E-state index is 12.8. The molecule has 3 rings (SSSR count). The molecule has 0 bridgehead atoms. The summed E-state index contributed by atoms with van der Waals surface area (Å²) in [6.07, 6.45) is -2.86. The first-order valence-corrected chi connectivity index (χ1v) is 10.1. The smallest absolute Gasteiger partial charge is 0.325 e. The Morgan fingerprint density at radius 1 is 1.21 bits per heavy atom. The predicted molar refractivity (Wildman–Crippen MR) is 114 cm³/mol. The van der Waals surface area contributed by atoms with Gasteiger partial charge < -0.3 is 5.32 Å². The number of halogens is 4.